The van der Waals surface area contributed by atoms with E-state index in [1.807, 2.05) is 0 Å². The smallest absolute Gasteiger partial charge is 0.262 e. The van der Waals surface area contributed by atoms with E-state index in [-0.39, 0.29) is 33.8 Å². The number of nitrogens with zero attached hydrogens (tertiary/aromatic N) is 1. The third-order valence-corrected chi connectivity index (χ3v) is 10.3. The van der Waals surface area contributed by atoms with Crippen LogP contribution < -0.4 is 19.5 Å². The van der Waals surface area contributed by atoms with Crippen LogP contribution >= 0.6 is 23.2 Å². The first-order valence-electron chi connectivity index (χ1n) is 12.5. The van der Waals surface area contributed by atoms with Crippen molar-refractivity contribution < 1.29 is 31.1 Å². The van der Waals surface area contributed by atoms with Crippen LogP contribution in [0.2, 0.25) is 10.0 Å². The second kappa shape index (κ2) is 12.9. The summed E-state index contributed by atoms with van der Waals surface area (Å²) in [4.78, 5) is 13.0. The monoisotopic (exact) mass is 641 g/mol. The van der Waals surface area contributed by atoms with Crippen LogP contribution in [-0.4, -0.2) is 54.4 Å². The van der Waals surface area contributed by atoms with Crippen molar-refractivity contribution in [1.29, 1.82) is 0 Å². The van der Waals surface area contributed by atoms with Crippen LogP contribution in [0.15, 0.2) is 65.6 Å². The molecule has 1 aliphatic rings. The molecule has 14 heteroatoms. The number of rotatable bonds is 10. The third-order valence-electron chi connectivity index (χ3n) is 6.58. The molecule has 0 aromatic heterocycles. The molecule has 0 bridgehead atoms. The molecule has 1 amide bonds. The van der Waals surface area contributed by atoms with Crippen molar-refractivity contribution in [3.8, 4) is 11.5 Å². The molecule has 0 spiro atoms. The Morgan fingerprint density at radius 3 is 2.37 bits per heavy atom. The van der Waals surface area contributed by atoms with Crippen LogP contribution in [0.3, 0.4) is 0 Å². The minimum atomic E-state index is -3.98. The van der Waals surface area contributed by atoms with Gasteiger partial charge in [-0.3, -0.25) is 9.52 Å². The van der Waals surface area contributed by atoms with Crippen molar-refractivity contribution >= 4 is 60.5 Å². The Hall–Kier alpha value is -3.03. The number of piperidine rings is 1. The lowest BCUT2D eigenvalue weighted by molar-refractivity contribution is -0.120. The summed E-state index contributed by atoms with van der Waals surface area (Å²) in [7, 11) is -4.82. The van der Waals surface area contributed by atoms with Crippen LogP contribution in [-0.2, 0) is 30.6 Å². The average molecular weight is 643 g/mol. The maximum Gasteiger partial charge on any atom is 0.262 e. The van der Waals surface area contributed by atoms with Gasteiger partial charge >= 0.3 is 0 Å². The minimum absolute atomic E-state index is 0.0259. The Labute approximate surface area is 249 Å². The Kier molecular flexibility index (Phi) is 9.70. The second-order valence-corrected chi connectivity index (χ2v) is 13.9. The molecule has 0 aliphatic carbocycles. The molecular weight excluding hydrogens is 613 g/mol. The lowest BCUT2D eigenvalue weighted by Crippen LogP contribution is -2.44. The van der Waals surface area contributed by atoms with E-state index >= 15 is 0 Å². The number of hydrogen-bond donors (Lipinski definition) is 2. The summed E-state index contributed by atoms with van der Waals surface area (Å²) in [5.41, 5.74) is 1.01. The van der Waals surface area contributed by atoms with Crippen molar-refractivity contribution in [3.63, 3.8) is 0 Å². The maximum atomic E-state index is 13.1. The molecule has 0 saturated carbocycles. The largest absolute Gasteiger partial charge is 0.497 e. The molecule has 1 aliphatic heterocycles. The maximum absolute atomic E-state index is 13.1. The zero-order valence-corrected chi connectivity index (χ0v) is 25.4. The van der Waals surface area contributed by atoms with Crippen molar-refractivity contribution in [1.82, 2.24) is 4.31 Å². The van der Waals surface area contributed by atoms with E-state index in [9.17, 15) is 21.6 Å². The molecule has 220 valence electrons. The van der Waals surface area contributed by atoms with Gasteiger partial charge in [-0.1, -0.05) is 29.3 Å². The van der Waals surface area contributed by atoms with Crippen molar-refractivity contribution in [2.75, 3.05) is 37.3 Å². The van der Waals surface area contributed by atoms with Gasteiger partial charge in [-0.05, 0) is 66.9 Å². The topological polar surface area (TPSA) is 131 Å². The molecule has 1 heterocycles. The third kappa shape index (κ3) is 7.63. The number of halogens is 2. The van der Waals surface area contributed by atoms with Gasteiger partial charge in [-0.15, -0.1) is 0 Å². The standard InChI is InChI=1S/C27H29Cl2N3O7S2/c1-38-22-9-12-26(39-2)25(15-22)31-41(36,37)23-10-7-21(8-11-23)30-27(33)18-4-3-13-32(16-18)40(34,35)17-19-5-6-20(28)14-24(19)29/h5-12,14-15,18,31H,3-4,13,16-17H2,1-2H3,(H,30,33)/t18-/m1/s1. The van der Waals surface area contributed by atoms with Crippen molar-refractivity contribution in [2.45, 2.75) is 23.5 Å². The van der Waals surface area contributed by atoms with E-state index < -0.39 is 26.0 Å². The molecule has 0 unspecified atom stereocenters. The number of methoxy groups -OCH3 is 2. The van der Waals surface area contributed by atoms with E-state index in [2.05, 4.69) is 10.0 Å². The predicted molar refractivity (Wildman–Crippen MR) is 159 cm³/mol. The predicted octanol–water partition coefficient (Wildman–Crippen LogP) is 4.99. The number of benzene rings is 3. The molecule has 3 aromatic rings. The summed E-state index contributed by atoms with van der Waals surface area (Å²) >= 11 is 12.1. The fourth-order valence-corrected chi connectivity index (χ4v) is 7.65. The zero-order valence-electron chi connectivity index (χ0n) is 22.3. The SMILES string of the molecule is COc1ccc(OC)c(NS(=O)(=O)c2ccc(NC(=O)[C@@H]3CCCN(S(=O)(=O)Cc4ccc(Cl)cc4Cl)C3)cc2)c1. The fraction of sp³-hybridized carbons (Fsp3) is 0.296. The van der Waals surface area contributed by atoms with E-state index in [0.717, 1.165) is 0 Å². The summed E-state index contributed by atoms with van der Waals surface area (Å²) in [5, 5.41) is 3.43. The Balaban J connectivity index is 1.40. The van der Waals surface area contributed by atoms with Crippen LogP contribution in [0.1, 0.15) is 18.4 Å². The van der Waals surface area contributed by atoms with E-state index in [1.54, 1.807) is 24.3 Å². The number of ether oxygens (including phenoxy) is 2. The van der Waals surface area contributed by atoms with Gasteiger partial charge in [-0.2, -0.15) is 0 Å². The molecule has 2 N–H and O–H groups in total. The van der Waals surface area contributed by atoms with Crippen LogP contribution in [0, 0.1) is 5.92 Å². The molecule has 0 radical (unpaired) electrons. The van der Waals surface area contributed by atoms with E-state index in [1.165, 1.54) is 54.9 Å². The molecule has 1 saturated heterocycles. The van der Waals surface area contributed by atoms with Crippen molar-refractivity contribution in [2.24, 2.45) is 5.92 Å². The fourth-order valence-electron chi connectivity index (χ4n) is 4.39. The number of amides is 1. The highest BCUT2D eigenvalue weighted by atomic mass is 35.5. The molecule has 1 atom stereocenters. The van der Waals surface area contributed by atoms with Gasteiger partial charge in [-0.25, -0.2) is 21.1 Å². The second-order valence-electron chi connectivity index (χ2n) is 9.37. The number of sulfonamides is 2. The highest BCUT2D eigenvalue weighted by Gasteiger charge is 2.33. The van der Waals surface area contributed by atoms with Gasteiger partial charge < -0.3 is 14.8 Å². The normalized spacial score (nSPS) is 16.1. The van der Waals surface area contributed by atoms with E-state index in [0.29, 0.717) is 47.2 Å². The number of hydrogen-bond acceptors (Lipinski definition) is 7. The summed E-state index contributed by atoms with van der Waals surface area (Å²) in [6.45, 7) is 0.326. The highest BCUT2D eigenvalue weighted by molar-refractivity contribution is 7.92. The summed E-state index contributed by atoms with van der Waals surface area (Å²) in [6.07, 6.45) is 1.03. The number of anilines is 2. The van der Waals surface area contributed by atoms with Crippen LogP contribution in [0.5, 0.6) is 11.5 Å². The summed E-state index contributed by atoms with van der Waals surface area (Å²) < 4.78 is 66.3. The summed E-state index contributed by atoms with van der Waals surface area (Å²) in [6, 6.07) is 15.0. The Bertz CT molecular complexity index is 1630. The average Bonchev–Trinajstić information content (AvgIpc) is 2.94. The van der Waals surface area contributed by atoms with Gasteiger partial charge in [0.15, 0.2) is 0 Å². The first-order chi connectivity index (χ1) is 19.4. The van der Waals surface area contributed by atoms with Gasteiger partial charge in [0.1, 0.15) is 11.5 Å². The molecule has 4 rings (SSSR count). The number of carbonyl (C=O) groups excluding carboxylic acids is 1. The molecule has 3 aromatic carbocycles. The lowest BCUT2D eigenvalue weighted by atomic mass is 9.99. The number of nitrogens with one attached hydrogen (secondary N) is 2. The Morgan fingerprint density at radius 1 is 0.976 bits per heavy atom. The van der Waals surface area contributed by atoms with Gasteiger partial charge in [0.2, 0.25) is 15.9 Å². The number of carbonyl (C=O) groups is 1. The Morgan fingerprint density at radius 2 is 1.71 bits per heavy atom. The van der Waals surface area contributed by atoms with Gasteiger partial charge in [0, 0.05) is 34.9 Å². The molecule has 1 fully saturated rings. The van der Waals surface area contributed by atoms with Crippen molar-refractivity contribution in [3.05, 3.63) is 76.3 Å². The van der Waals surface area contributed by atoms with Crippen LogP contribution in [0.4, 0.5) is 11.4 Å². The highest BCUT2D eigenvalue weighted by Crippen LogP contribution is 2.31. The van der Waals surface area contributed by atoms with Gasteiger partial charge in [0.25, 0.3) is 10.0 Å². The van der Waals surface area contributed by atoms with Crippen LogP contribution in [0.25, 0.3) is 0 Å². The molecule has 41 heavy (non-hydrogen) atoms. The lowest BCUT2D eigenvalue weighted by Gasteiger charge is -2.31. The zero-order chi connectivity index (χ0) is 29.8. The van der Waals surface area contributed by atoms with E-state index in [4.69, 9.17) is 32.7 Å². The summed E-state index contributed by atoms with van der Waals surface area (Å²) in [5.74, 6) is -0.472. The first-order valence-corrected chi connectivity index (χ1v) is 16.3. The first kappa shape index (κ1) is 30.9. The molecular formula is C27H29Cl2N3O7S2. The molecule has 10 nitrogen and oxygen atoms in total. The quantitative estimate of drug-likeness (QED) is 0.319. The minimum Gasteiger partial charge on any atom is -0.497 e. The van der Waals surface area contributed by atoms with Gasteiger partial charge in [0.05, 0.1) is 36.5 Å².